The van der Waals surface area contributed by atoms with Gasteiger partial charge in [-0.15, -0.1) is 0 Å². The summed E-state index contributed by atoms with van der Waals surface area (Å²) in [5, 5.41) is 0. The van der Waals surface area contributed by atoms with Crippen LogP contribution in [0.4, 0.5) is 4.39 Å². The average molecular weight is 299 g/mol. The number of benzene rings is 1. The number of nitrogens with one attached hydrogen (secondary N) is 1. The van der Waals surface area contributed by atoms with Crippen molar-refractivity contribution < 1.29 is 9.13 Å². The average Bonchev–Trinajstić information content (AvgIpc) is 2.81. The lowest BCUT2D eigenvalue weighted by Crippen LogP contribution is -1.98. The highest BCUT2D eigenvalue weighted by Gasteiger charge is 2.12. The number of hydrogen-bond acceptors (Lipinski definition) is 2. The van der Waals surface area contributed by atoms with Gasteiger partial charge in [0.05, 0.1) is 7.11 Å². The smallest absolute Gasteiger partial charge is 0.165 e. The van der Waals surface area contributed by atoms with E-state index in [0.717, 1.165) is 11.4 Å². The van der Waals surface area contributed by atoms with Gasteiger partial charge in [-0.3, -0.25) is 0 Å². The molecule has 0 aliphatic rings. The third kappa shape index (κ3) is 2.85. The van der Waals surface area contributed by atoms with Gasteiger partial charge in [-0.05, 0) is 17.7 Å². The Hall–Kier alpha value is -1.36. The van der Waals surface area contributed by atoms with Crippen LogP contribution in [-0.4, -0.2) is 17.1 Å². The molecule has 0 aliphatic heterocycles. The lowest BCUT2D eigenvalue weighted by Gasteiger charge is -2.10. The fourth-order valence-electron chi connectivity index (χ4n) is 1.57. The van der Waals surface area contributed by atoms with Crippen molar-refractivity contribution in [1.29, 1.82) is 0 Å². The summed E-state index contributed by atoms with van der Waals surface area (Å²) in [6, 6.07) is 4.94. The maximum Gasteiger partial charge on any atom is 0.165 e. The number of H-pyrrole nitrogens is 1. The van der Waals surface area contributed by atoms with E-state index >= 15 is 0 Å². The summed E-state index contributed by atoms with van der Waals surface area (Å²) in [6.45, 7) is 0. The number of halogens is 2. The number of aromatic nitrogens is 2. The van der Waals surface area contributed by atoms with Gasteiger partial charge in [0, 0.05) is 23.6 Å². The molecule has 1 unspecified atom stereocenters. The van der Waals surface area contributed by atoms with E-state index in [0.29, 0.717) is 6.42 Å². The van der Waals surface area contributed by atoms with Crippen LogP contribution >= 0.6 is 15.9 Å². The first-order valence-electron chi connectivity index (χ1n) is 5.16. The van der Waals surface area contributed by atoms with E-state index in [-0.39, 0.29) is 16.4 Å². The molecule has 0 aliphatic carbocycles. The van der Waals surface area contributed by atoms with Crippen molar-refractivity contribution in [3.63, 3.8) is 0 Å². The van der Waals surface area contributed by atoms with E-state index in [4.69, 9.17) is 4.74 Å². The van der Waals surface area contributed by atoms with Crippen molar-refractivity contribution in [1.82, 2.24) is 9.97 Å². The van der Waals surface area contributed by atoms with Crippen LogP contribution < -0.4 is 4.74 Å². The van der Waals surface area contributed by atoms with Crippen LogP contribution in [0.2, 0.25) is 0 Å². The highest BCUT2D eigenvalue weighted by molar-refractivity contribution is 9.09. The molecule has 0 spiro atoms. The second-order valence-electron chi connectivity index (χ2n) is 3.60. The molecule has 1 heterocycles. The van der Waals surface area contributed by atoms with Gasteiger partial charge in [-0.25, -0.2) is 9.37 Å². The van der Waals surface area contributed by atoms with Gasteiger partial charge in [0.1, 0.15) is 5.82 Å². The minimum atomic E-state index is -0.353. The first-order chi connectivity index (χ1) is 8.20. The van der Waals surface area contributed by atoms with E-state index in [1.54, 1.807) is 18.5 Å². The molecule has 0 amide bonds. The quantitative estimate of drug-likeness (QED) is 0.880. The van der Waals surface area contributed by atoms with Gasteiger partial charge in [0.15, 0.2) is 11.6 Å². The molecular weight excluding hydrogens is 287 g/mol. The Morgan fingerprint density at radius 2 is 2.35 bits per heavy atom. The SMILES string of the molecule is COc1ccc(C(Br)Cc2ncc[nH]2)cc1F. The molecule has 1 atom stereocenters. The minimum absolute atomic E-state index is 0.0223. The number of nitrogens with zero attached hydrogens (tertiary/aromatic N) is 1. The molecule has 2 rings (SSSR count). The zero-order valence-electron chi connectivity index (χ0n) is 9.28. The Balaban J connectivity index is 2.14. The maximum absolute atomic E-state index is 13.5. The predicted molar refractivity (Wildman–Crippen MR) is 66.9 cm³/mol. The number of imidazole rings is 1. The van der Waals surface area contributed by atoms with E-state index in [2.05, 4.69) is 25.9 Å². The van der Waals surface area contributed by atoms with Gasteiger partial charge < -0.3 is 9.72 Å². The summed E-state index contributed by atoms with van der Waals surface area (Å²) in [6.07, 6.45) is 4.14. The number of alkyl halides is 1. The fourth-order valence-corrected chi connectivity index (χ4v) is 2.17. The van der Waals surface area contributed by atoms with Gasteiger partial charge in [-0.2, -0.15) is 0 Å². The molecule has 1 aromatic carbocycles. The van der Waals surface area contributed by atoms with Crippen molar-refractivity contribution in [2.45, 2.75) is 11.2 Å². The number of methoxy groups -OCH3 is 1. The summed E-state index contributed by atoms with van der Waals surface area (Å²) in [5.41, 5.74) is 0.861. The molecule has 0 radical (unpaired) electrons. The molecule has 0 saturated carbocycles. The van der Waals surface area contributed by atoms with E-state index in [1.165, 1.54) is 13.2 Å². The number of aromatic amines is 1. The molecule has 17 heavy (non-hydrogen) atoms. The van der Waals surface area contributed by atoms with Crippen LogP contribution in [0.1, 0.15) is 16.2 Å². The lowest BCUT2D eigenvalue weighted by molar-refractivity contribution is 0.386. The number of rotatable bonds is 4. The second kappa shape index (κ2) is 5.31. The first kappa shape index (κ1) is 12.1. The highest BCUT2D eigenvalue weighted by Crippen LogP contribution is 2.29. The molecular formula is C12H12BrFN2O. The molecule has 0 saturated heterocycles. The van der Waals surface area contributed by atoms with Crippen LogP contribution in [0, 0.1) is 5.82 Å². The van der Waals surface area contributed by atoms with Crippen LogP contribution in [0.3, 0.4) is 0 Å². The van der Waals surface area contributed by atoms with Crippen molar-refractivity contribution in [3.05, 3.63) is 47.8 Å². The molecule has 5 heteroatoms. The summed E-state index contributed by atoms with van der Waals surface area (Å²) in [5.74, 6) is 0.767. The Bertz CT molecular complexity index is 487. The van der Waals surface area contributed by atoms with Crippen LogP contribution in [0.15, 0.2) is 30.6 Å². The van der Waals surface area contributed by atoms with Crippen LogP contribution in [0.25, 0.3) is 0 Å². The Morgan fingerprint density at radius 3 is 2.94 bits per heavy atom. The number of ether oxygens (including phenoxy) is 1. The molecule has 3 nitrogen and oxygen atoms in total. The Labute approximate surface area is 107 Å². The highest BCUT2D eigenvalue weighted by atomic mass is 79.9. The van der Waals surface area contributed by atoms with Gasteiger partial charge >= 0.3 is 0 Å². The Kier molecular flexibility index (Phi) is 3.78. The van der Waals surface area contributed by atoms with E-state index in [1.807, 2.05) is 6.07 Å². The summed E-state index contributed by atoms with van der Waals surface area (Å²) in [4.78, 5) is 7.17. The summed E-state index contributed by atoms with van der Waals surface area (Å²) >= 11 is 3.52. The summed E-state index contributed by atoms with van der Waals surface area (Å²) < 4.78 is 18.4. The van der Waals surface area contributed by atoms with E-state index in [9.17, 15) is 4.39 Å². The van der Waals surface area contributed by atoms with Gasteiger partial charge in [-0.1, -0.05) is 22.0 Å². The van der Waals surface area contributed by atoms with E-state index < -0.39 is 0 Å². The third-order valence-electron chi connectivity index (χ3n) is 2.46. The van der Waals surface area contributed by atoms with Gasteiger partial charge in [0.2, 0.25) is 0 Å². The topological polar surface area (TPSA) is 37.9 Å². The summed E-state index contributed by atoms with van der Waals surface area (Å²) in [7, 11) is 1.45. The Morgan fingerprint density at radius 1 is 1.53 bits per heavy atom. The van der Waals surface area contributed by atoms with Crippen molar-refractivity contribution >= 4 is 15.9 Å². The maximum atomic E-state index is 13.5. The van der Waals surface area contributed by atoms with Crippen LogP contribution in [0.5, 0.6) is 5.75 Å². The molecule has 0 bridgehead atoms. The van der Waals surface area contributed by atoms with Gasteiger partial charge in [0.25, 0.3) is 0 Å². The largest absolute Gasteiger partial charge is 0.494 e. The third-order valence-corrected chi connectivity index (χ3v) is 3.32. The fraction of sp³-hybridized carbons (Fsp3) is 0.250. The van der Waals surface area contributed by atoms with Crippen molar-refractivity contribution in [2.75, 3.05) is 7.11 Å². The first-order valence-corrected chi connectivity index (χ1v) is 6.08. The normalized spacial score (nSPS) is 12.4. The number of hydrogen-bond donors (Lipinski definition) is 1. The van der Waals surface area contributed by atoms with Crippen LogP contribution in [-0.2, 0) is 6.42 Å². The molecule has 2 aromatic rings. The van der Waals surface area contributed by atoms with Crippen molar-refractivity contribution in [2.24, 2.45) is 0 Å². The second-order valence-corrected chi connectivity index (χ2v) is 4.71. The molecule has 0 fully saturated rings. The zero-order chi connectivity index (χ0) is 12.3. The monoisotopic (exact) mass is 298 g/mol. The predicted octanol–water partition coefficient (Wildman–Crippen LogP) is 3.24. The van der Waals surface area contributed by atoms with Crippen molar-refractivity contribution in [3.8, 4) is 5.75 Å². The molecule has 1 N–H and O–H groups in total. The standard InChI is InChI=1S/C12H12BrFN2O/c1-17-11-3-2-8(6-10(11)14)9(13)7-12-15-4-5-16-12/h2-6,9H,7H2,1H3,(H,15,16). The minimum Gasteiger partial charge on any atom is -0.494 e. The lowest BCUT2D eigenvalue weighted by atomic mass is 10.1. The molecule has 1 aromatic heterocycles. The zero-order valence-corrected chi connectivity index (χ0v) is 10.9. The molecule has 90 valence electrons.